The third kappa shape index (κ3) is 3.94. The number of nitrogens with zero attached hydrogens (tertiary/aromatic N) is 7. The molecule has 7 rings (SSSR count). The van der Waals surface area contributed by atoms with Crippen LogP contribution in [-0.4, -0.2) is 80.1 Å². The van der Waals surface area contributed by atoms with Gasteiger partial charge in [0.15, 0.2) is 5.82 Å². The summed E-state index contributed by atoms with van der Waals surface area (Å²) >= 11 is 0. The first-order valence-electron chi connectivity index (χ1n) is 13.2. The number of likely N-dealkylation sites (N-methyl/N-ethyl adjacent to an activating group) is 1. The number of nitrogens with two attached hydrogens (primary N) is 1. The highest BCUT2D eigenvalue weighted by atomic mass is 16.5. The van der Waals surface area contributed by atoms with Gasteiger partial charge in [-0.2, -0.15) is 10.2 Å². The van der Waals surface area contributed by atoms with Crippen molar-refractivity contribution in [2.75, 3.05) is 45.6 Å². The molecule has 2 N–H and O–H groups in total. The second kappa shape index (κ2) is 9.20. The summed E-state index contributed by atoms with van der Waals surface area (Å²) in [6, 6.07) is 19.5. The van der Waals surface area contributed by atoms with Gasteiger partial charge in [-0.25, -0.2) is 9.50 Å². The minimum Gasteiger partial charge on any atom is -0.382 e. The van der Waals surface area contributed by atoms with Crippen molar-refractivity contribution in [3.63, 3.8) is 0 Å². The Labute approximate surface area is 221 Å². The lowest BCUT2D eigenvalue weighted by Crippen LogP contribution is -2.57. The highest BCUT2D eigenvalue weighted by molar-refractivity contribution is 5.93. The molecule has 5 aromatic rings. The lowest BCUT2D eigenvalue weighted by molar-refractivity contribution is -0.0891. The molecule has 2 atom stereocenters. The first-order chi connectivity index (χ1) is 18.5. The largest absolute Gasteiger partial charge is 0.382 e. The summed E-state index contributed by atoms with van der Waals surface area (Å²) in [6.07, 6.45) is 1.44. The molecule has 2 aliphatic rings. The average molecular weight is 509 g/mol. The molecule has 38 heavy (non-hydrogen) atoms. The third-order valence-electron chi connectivity index (χ3n) is 8.13. The number of ether oxygens (including phenoxy) is 1. The molecule has 0 amide bonds. The van der Waals surface area contributed by atoms with Crippen molar-refractivity contribution in [2.24, 2.45) is 0 Å². The smallest absolute Gasteiger partial charge is 0.151 e. The number of aromatic nitrogens is 5. The van der Waals surface area contributed by atoms with Gasteiger partial charge in [0.05, 0.1) is 24.4 Å². The highest BCUT2D eigenvalue weighted by Gasteiger charge is 2.35. The van der Waals surface area contributed by atoms with Gasteiger partial charge < -0.3 is 15.4 Å². The van der Waals surface area contributed by atoms with E-state index in [4.69, 9.17) is 15.6 Å². The quantitative estimate of drug-likeness (QED) is 0.398. The van der Waals surface area contributed by atoms with Gasteiger partial charge in [0.2, 0.25) is 0 Å². The summed E-state index contributed by atoms with van der Waals surface area (Å²) in [7, 11) is 2.18. The summed E-state index contributed by atoms with van der Waals surface area (Å²) in [4.78, 5) is 9.25. The Hall–Kier alpha value is -3.79. The lowest BCUT2D eigenvalue weighted by Gasteiger charge is -2.45. The van der Waals surface area contributed by atoms with Gasteiger partial charge in [-0.05, 0) is 37.2 Å². The van der Waals surface area contributed by atoms with E-state index < -0.39 is 0 Å². The third-order valence-corrected chi connectivity index (χ3v) is 8.13. The average Bonchev–Trinajstić information content (AvgIpc) is 3.47. The van der Waals surface area contributed by atoms with Crippen LogP contribution < -0.4 is 5.73 Å². The predicted octanol–water partition coefficient (Wildman–Crippen LogP) is 3.37. The van der Waals surface area contributed by atoms with Crippen LogP contribution in [0.25, 0.3) is 27.5 Å². The monoisotopic (exact) mass is 508 g/mol. The van der Waals surface area contributed by atoms with Crippen LogP contribution in [0.4, 0.5) is 5.82 Å². The minimum atomic E-state index is -0.0822. The van der Waals surface area contributed by atoms with Crippen LogP contribution in [-0.2, 0) is 11.3 Å². The van der Waals surface area contributed by atoms with Crippen LogP contribution in [0.15, 0.2) is 60.9 Å². The normalized spacial score (nSPS) is 20.8. The molecule has 2 saturated heterocycles. The van der Waals surface area contributed by atoms with Gasteiger partial charge in [-0.15, -0.1) is 0 Å². The first kappa shape index (κ1) is 23.3. The first-order valence-corrected chi connectivity index (χ1v) is 13.2. The fraction of sp³-hybridized carbons (Fsp3) is 0.345. The van der Waals surface area contributed by atoms with Gasteiger partial charge in [0, 0.05) is 48.9 Å². The molecule has 0 radical (unpaired) electrons. The molecule has 0 bridgehead atoms. The summed E-state index contributed by atoms with van der Waals surface area (Å²) in [5, 5.41) is 10.7. The van der Waals surface area contributed by atoms with Crippen molar-refractivity contribution < 1.29 is 4.74 Å². The van der Waals surface area contributed by atoms with Crippen LogP contribution in [0.5, 0.6) is 0 Å². The molecule has 2 aliphatic heterocycles. The van der Waals surface area contributed by atoms with E-state index in [0.717, 1.165) is 71.7 Å². The molecule has 5 heterocycles. The van der Waals surface area contributed by atoms with E-state index in [9.17, 15) is 0 Å². The van der Waals surface area contributed by atoms with Crippen molar-refractivity contribution in [3.8, 4) is 11.1 Å². The fourth-order valence-electron chi connectivity index (χ4n) is 6.00. The van der Waals surface area contributed by atoms with Crippen molar-refractivity contribution in [2.45, 2.75) is 25.6 Å². The summed E-state index contributed by atoms with van der Waals surface area (Å²) in [6.45, 7) is 7.59. The zero-order valence-corrected chi connectivity index (χ0v) is 21.8. The Morgan fingerprint density at radius 2 is 1.92 bits per heavy atom. The van der Waals surface area contributed by atoms with Gasteiger partial charge in [-0.1, -0.05) is 42.5 Å². The van der Waals surface area contributed by atoms with Gasteiger partial charge in [-0.3, -0.25) is 9.58 Å². The maximum atomic E-state index is 6.44. The zero-order chi connectivity index (χ0) is 25.8. The molecule has 2 unspecified atom stereocenters. The van der Waals surface area contributed by atoms with Crippen molar-refractivity contribution in [3.05, 3.63) is 77.9 Å². The molecule has 194 valence electrons. The topological polar surface area (TPSA) is 89.7 Å². The second-order valence-electron chi connectivity index (χ2n) is 10.6. The summed E-state index contributed by atoms with van der Waals surface area (Å²) in [5.74, 6) is 0.459. The van der Waals surface area contributed by atoms with Gasteiger partial charge in [0.25, 0.3) is 0 Å². The molecule has 0 aliphatic carbocycles. The number of benzene rings is 2. The number of nitrogen functional groups attached to an aromatic ring is 1. The maximum absolute atomic E-state index is 6.44. The van der Waals surface area contributed by atoms with E-state index in [1.54, 1.807) is 0 Å². The Balaban J connectivity index is 1.27. The highest BCUT2D eigenvalue weighted by Crippen LogP contribution is 2.36. The van der Waals surface area contributed by atoms with E-state index >= 15 is 0 Å². The fourth-order valence-corrected chi connectivity index (χ4v) is 6.00. The molecule has 9 nitrogen and oxygen atoms in total. The van der Waals surface area contributed by atoms with E-state index in [1.165, 1.54) is 11.9 Å². The molecule has 3 aromatic heterocycles. The molecule has 9 heteroatoms. The number of fused-ring (bicyclic) bond motifs is 3. The van der Waals surface area contributed by atoms with Gasteiger partial charge in [0.1, 0.15) is 17.9 Å². The molecular weight excluding hydrogens is 476 g/mol. The number of hydrogen-bond donors (Lipinski definition) is 1. The standard InChI is InChI=1S/C29H32N8O/c1-19-23-9-8-21(12-25(23)33-36(19)14-20-6-4-3-5-7-20)24-13-26(37-28(24)29(30)31-18-32-37)27-16-35-11-10-34(2)15-22(35)17-38-27/h3-9,12-13,18,22,27H,10-11,14-17H2,1-2H3,(H2,30,31,32). The molecule has 2 aromatic carbocycles. The number of hydrogen-bond acceptors (Lipinski definition) is 7. The van der Waals surface area contributed by atoms with E-state index in [2.05, 4.69) is 87.1 Å². The molecule has 2 fully saturated rings. The Bertz CT molecular complexity index is 1620. The van der Waals surface area contributed by atoms with Crippen LogP contribution in [0.1, 0.15) is 23.1 Å². The van der Waals surface area contributed by atoms with Crippen LogP contribution in [0, 0.1) is 6.92 Å². The maximum Gasteiger partial charge on any atom is 0.151 e. The number of morpholine rings is 1. The number of piperazine rings is 1. The zero-order valence-electron chi connectivity index (χ0n) is 21.8. The Kier molecular flexibility index (Phi) is 5.65. The van der Waals surface area contributed by atoms with Gasteiger partial charge >= 0.3 is 0 Å². The van der Waals surface area contributed by atoms with E-state index in [0.29, 0.717) is 18.5 Å². The Morgan fingerprint density at radius 3 is 2.79 bits per heavy atom. The second-order valence-corrected chi connectivity index (χ2v) is 10.6. The van der Waals surface area contributed by atoms with E-state index in [1.807, 2.05) is 10.6 Å². The van der Waals surface area contributed by atoms with Crippen LogP contribution in [0.2, 0.25) is 0 Å². The summed E-state index contributed by atoms with van der Waals surface area (Å²) in [5.41, 5.74) is 13.6. The minimum absolute atomic E-state index is 0.0822. The number of aryl methyl sites for hydroxylation is 1. The number of anilines is 1. The van der Waals surface area contributed by atoms with Crippen molar-refractivity contribution in [1.82, 2.24) is 34.2 Å². The summed E-state index contributed by atoms with van der Waals surface area (Å²) < 4.78 is 10.4. The molecular formula is C29H32N8O. The lowest BCUT2D eigenvalue weighted by atomic mass is 10.0. The molecule has 0 saturated carbocycles. The Morgan fingerprint density at radius 1 is 1.05 bits per heavy atom. The SMILES string of the molecule is Cc1c2ccc(-c3cc(C4CN5CCN(C)CC5CO4)n4ncnc(N)c34)cc2nn1Cc1ccccc1. The number of rotatable bonds is 4. The van der Waals surface area contributed by atoms with Crippen molar-refractivity contribution in [1.29, 1.82) is 0 Å². The molecule has 0 spiro atoms. The van der Waals surface area contributed by atoms with E-state index in [-0.39, 0.29) is 6.10 Å². The van der Waals surface area contributed by atoms with Crippen molar-refractivity contribution >= 4 is 22.2 Å². The van der Waals surface area contributed by atoms with Crippen LogP contribution in [0.3, 0.4) is 0 Å². The predicted molar refractivity (Wildman–Crippen MR) is 148 cm³/mol. The van der Waals surface area contributed by atoms with Crippen LogP contribution >= 0.6 is 0 Å².